The van der Waals surface area contributed by atoms with Crippen molar-refractivity contribution in [3.05, 3.63) is 65.0 Å². The first kappa shape index (κ1) is 19.8. The Balaban J connectivity index is 1.75. The summed E-state index contributed by atoms with van der Waals surface area (Å²) >= 11 is 1.31. The Morgan fingerprint density at radius 3 is 2.50 bits per heavy atom. The molecule has 0 aliphatic heterocycles. The maximum absolute atomic E-state index is 12.6. The van der Waals surface area contributed by atoms with Crippen LogP contribution in [0.4, 0.5) is 0 Å². The van der Waals surface area contributed by atoms with E-state index in [4.69, 9.17) is 9.15 Å². The number of nitrogens with zero attached hydrogens (tertiary/aromatic N) is 2. The molecule has 1 aromatic carbocycles. The minimum absolute atomic E-state index is 0.257. The number of ether oxygens (including phenoxy) is 1. The van der Waals surface area contributed by atoms with Crippen molar-refractivity contribution in [3.63, 3.8) is 0 Å². The lowest BCUT2D eigenvalue weighted by atomic mass is 10.1. The highest BCUT2D eigenvalue weighted by atomic mass is 32.2. The number of thioether (sulfide) groups is 1. The number of Topliss-reactive ketones (excluding diaryl/α,β-unsaturated/α-hetero) is 1. The highest BCUT2D eigenvalue weighted by Crippen LogP contribution is 2.25. The van der Waals surface area contributed by atoms with Gasteiger partial charge in [-0.25, -0.2) is 14.8 Å². The Labute approximate surface area is 167 Å². The van der Waals surface area contributed by atoms with Crippen molar-refractivity contribution in [2.24, 2.45) is 0 Å². The largest absolute Gasteiger partial charge is 0.461 e. The fourth-order valence-electron chi connectivity index (χ4n) is 2.66. The lowest BCUT2D eigenvalue weighted by Gasteiger charge is -2.11. The molecule has 0 aliphatic rings. The van der Waals surface area contributed by atoms with Gasteiger partial charge in [0.1, 0.15) is 10.6 Å². The van der Waals surface area contributed by atoms with Crippen LogP contribution in [0, 0.1) is 6.92 Å². The van der Waals surface area contributed by atoms with Gasteiger partial charge in [0, 0.05) is 5.56 Å². The molecule has 28 heavy (non-hydrogen) atoms. The molecule has 0 spiro atoms. The van der Waals surface area contributed by atoms with Crippen LogP contribution in [0.1, 0.15) is 38.9 Å². The van der Waals surface area contributed by atoms with Gasteiger partial charge in [0.25, 0.3) is 0 Å². The molecule has 0 bridgehead atoms. The fraction of sp³-hybridized carbons (Fsp3) is 0.238. The smallest absolute Gasteiger partial charge is 0.343 e. The van der Waals surface area contributed by atoms with Gasteiger partial charge in [-0.15, -0.1) is 11.8 Å². The number of aromatic nitrogens is 2. The lowest BCUT2D eigenvalue weighted by molar-refractivity contribution is 0.0469. The standard InChI is InChI=1S/C21H20N2O4S/c1-4-14-7-9-15(10-8-14)16(24)12-27-21(25)18-13(2)22-19(23-20(18)28-3)17-6-5-11-26-17/h5-11H,4,12H2,1-3H3. The van der Waals surface area contributed by atoms with Gasteiger partial charge < -0.3 is 9.15 Å². The van der Waals surface area contributed by atoms with Crippen LogP contribution in [0.5, 0.6) is 0 Å². The molecule has 0 saturated heterocycles. The van der Waals surface area contributed by atoms with Crippen molar-refractivity contribution in [1.29, 1.82) is 0 Å². The molecule has 3 rings (SSSR count). The molecule has 2 aromatic heterocycles. The molecule has 0 N–H and O–H groups in total. The number of aryl methyl sites for hydroxylation is 2. The zero-order valence-electron chi connectivity index (χ0n) is 15.9. The third-order valence-electron chi connectivity index (χ3n) is 4.21. The lowest BCUT2D eigenvalue weighted by Crippen LogP contribution is -2.17. The molecular weight excluding hydrogens is 376 g/mol. The first-order valence-corrected chi connectivity index (χ1v) is 10.0. The average molecular weight is 396 g/mol. The molecule has 7 heteroatoms. The molecule has 0 amide bonds. The number of rotatable bonds is 7. The molecule has 3 aromatic rings. The van der Waals surface area contributed by atoms with Crippen LogP contribution in [0.15, 0.2) is 52.1 Å². The van der Waals surface area contributed by atoms with Crippen LogP contribution in [0.2, 0.25) is 0 Å². The summed E-state index contributed by atoms with van der Waals surface area (Å²) in [5.41, 5.74) is 2.38. The summed E-state index contributed by atoms with van der Waals surface area (Å²) in [4.78, 5) is 33.6. The minimum Gasteiger partial charge on any atom is -0.461 e. The van der Waals surface area contributed by atoms with E-state index in [1.807, 2.05) is 25.3 Å². The minimum atomic E-state index is -0.619. The maximum atomic E-state index is 12.6. The van der Waals surface area contributed by atoms with Gasteiger partial charge in [0.15, 0.2) is 24.0 Å². The number of hydrogen-bond donors (Lipinski definition) is 0. The van der Waals surface area contributed by atoms with Gasteiger partial charge in [-0.2, -0.15) is 0 Å². The molecular formula is C21H20N2O4S. The van der Waals surface area contributed by atoms with E-state index in [9.17, 15) is 9.59 Å². The van der Waals surface area contributed by atoms with E-state index < -0.39 is 5.97 Å². The second-order valence-corrected chi connectivity index (χ2v) is 6.84. The zero-order chi connectivity index (χ0) is 20.1. The second kappa shape index (κ2) is 8.84. The summed E-state index contributed by atoms with van der Waals surface area (Å²) in [6, 6.07) is 10.8. The van der Waals surface area contributed by atoms with E-state index in [1.54, 1.807) is 31.2 Å². The Morgan fingerprint density at radius 1 is 1.14 bits per heavy atom. The van der Waals surface area contributed by atoms with E-state index in [-0.39, 0.29) is 18.0 Å². The van der Waals surface area contributed by atoms with Crippen molar-refractivity contribution in [2.75, 3.05) is 12.9 Å². The molecule has 0 unspecified atom stereocenters. The van der Waals surface area contributed by atoms with Gasteiger partial charge in [-0.3, -0.25) is 4.79 Å². The van der Waals surface area contributed by atoms with Crippen molar-refractivity contribution in [3.8, 4) is 11.6 Å². The summed E-state index contributed by atoms with van der Waals surface area (Å²) in [5.74, 6) is 0.0402. The van der Waals surface area contributed by atoms with Gasteiger partial charge in [0.2, 0.25) is 0 Å². The second-order valence-electron chi connectivity index (χ2n) is 6.04. The highest BCUT2D eigenvalue weighted by molar-refractivity contribution is 7.98. The topological polar surface area (TPSA) is 82.3 Å². The molecule has 0 aliphatic carbocycles. The monoisotopic (exact) mass is 396 g/mol. The Hall–Kier alpha value is -2.93. The van der Waals surface area contributed by atoms with Gasteiger partial charge in [-0.1, -0.05) is 31.2 Å². The first-order valence-electron chi connectivity index (χ1n) is 8.79. The molecule has 144 valence electrons. The van der Waals surface area contributed by atoms with E-state index in [1.165, 1.54) is 18.0 Å². The maximum Gasteiger partial charge on any atom is 0.343 e. The summed E-state index contributed by atoms with van der Waals surface area (Å²) in [6.45, 7) is 3.41. The van der Waals surface area contributed by atoms with Crippen molar-refractivity contribution in [1.82, 2.24) is 9.97 Å². The van der Waals surface area contributed by atoms with Gasteiger partial charge >= 0.3 is 5.97 Å². The number of carbonyl (C=O) groups is 2. The number of furan rings is 1. The van der Waals surface area contributed by atoms with E-state index in [2.05, 4.69) is 9.97 Å². The fourth-order valence-corrected chi connectivity index (χ4v) is 3.27. The summed E-state index contributed by atoms with van der Waals surface area (Å²) in [6.07, 6.45) is 4.24. The van der Waals surface area contributed by atoms with Crippen LogP contribution in [-0.2, 0) is 11.2 Å². The molecule has 2 heterocycles. The Kier molecular flexibility index (Phi) is 6.26. The van der Waals surface area contributed by atoms with E-state index in [0.717, 1.165) is 12.0 Å². The number of hydrogen-bond acceptors (Lipinski definition) is 7. The van der Waals surface area contributed by atoms with E-state index >= 15 is 0 Å². The van der Waals surface area contributed by atoms with Crippen molar-refractivity contribution < 1.29 is 18.7 Å². The van der Waals surface area contributed by atoms with Crippen molar-refractivity contribution >= 4 is 23.5 Å². The third-order valence-corrected chi connectivity index (χ3v) is 4.90. The predicted octanol–water partition coefficient (Wildman–Crippen LogP) is 4.37. The van der Waals surface area contributed by atoms with Crippen LogP contribution < -0.4 is 0 Å². The third kappa shape index (κ3) is 4.31. The first-order chi connectivity index (χ1) is 13.5. The quantitative estimate of drug-likeness (QED) is 0.254. The Morgan fingerprint density at radius 2 is 1.89 bits per heavy atom. The molecule has 0 fully saturated rings. The predicted molar refractivity (Wildman–Crippen MR) is 107 cm³/mol. The Bertz CT molecular complexity index is 982. The van der Waals surface area contributed by atoms with Crippen LogP contribution >= 0.6 is 11.8 Å². The number of ketones is 1. The average Bonchev–Trinajstić information content (AvgIpc) is 3.26. The number of benzene rings is 1. The molecule has 6 nitrogen and oxygen atoms in total. The van der Waals surface area contributed by atoms with Gasteiger partial charge in [0.05, 0.1) is 12.0 Å². The van der Waals surface area contributed by atoms with E-state index in [0.29, 0.717) is 27.9 Å². The normalized spacial score (nSPS) is 10.7. The molecule has 0 saturated carbocycles. The summed E-state index contributed by atoms with van der Waals surface area (Å²) in [5, 5.41) is 0.476. The zero-order valence-corrected chi connectivity index (χ0v) is 16.7. The van der Waals surface area contributed by atoms with Crippen LogP contribution in [-0.4, -0.2) is 34.6 Å². The van der Waals surface area contributed by atoms with Gasteiger partial charge in [-0.05, 0) is 37.3 Å². The van der Waals surface area contributed by atoms with Crippen LogP contribution in [0.25, 0.3) is 11.6 Å². The van der Waals surface area contributed by atoms with Crippen LogP contribution in [0.3, 0.4) is 0 Å². The summed E-state index contributed by atoms with van der Waals surface area (Å²) < 4.78 is 10.6. The molecule has 0 radical (unpaired) electrons. The number of esters is 1. The van der Waals surface area contributed by atoms with Crippen molar-refractivity contribution in [2.45, 2.75) is 25.3 Å². The number of carbonyl (C=O) groups excluding carboxylic acids is 2. The molecule has 0 atom stereocenters. The SMILES string of the molecule is CCc1ccc(C(=O)COC(=O)c2c(C)nc(-c3ccco3)nc2SC)cc1. The highest BCUT2D eigenvalue weighted by Gasteiger charge is 2.22. The summed E-state index contributed by atoms with van der Waals surface area (Å²) in [7, 11) is 0.